The average Bonchev–Trinajstić information content (AvgIpc) is 4.14. The fourth-order valence-electron chi connectivity index (χ4n) is 5.33. The van der Waals surface area contributed by atoms with Crippen LogP contribution in [0.1, 0.15) is 66.0 Å². The minimum Gasteiger partial charge on any atom is -0.456 e. The van der Waals surface area contributed by atoms with Crippen LogP contribution in [-0.4, -0.2) is 0 Å². The number of furan rings is 1. The van der Waals surface area contributed by atoms with E-state index >= 15 is 0 Å². The van der Waals surface area contributed by atoms with E-state index in [1.165, 1.54) is 0 Å². The van der Waals surface area contributed by atoms with Crippen LogP contribution in [0, 0.1) is 0 Å². The molecule has 0 N–H and O–H groups in total. The van der Waals surface area contributed by atoms with Gasteiger partial charge >= 0.3 is 0 Å². The van der Waals surface area contributed by atoms with Crippen LogP contribution < -0.4 is 4.90 Å². The Kier molecular flexibility index (Phi) is 2.21. The Bertz CT molecular complexity index is 3860. The summed E-state index contributed by atoms with van der Waals surface area (Å²) in [7, 11) is 0. The molecular formula is C44H31NO. The van der Waals surface area contributed by atoms with Gasteiger partial charge in [-0.05, 0) is 88.6 Å². The Morgan fingerprint density at radius 2 is 1.04 bits per heavy atom. The first-order valence-corrected chi connectivity index (χ1v) is 13.3. The molecule has 0 fully saturated rings. The van der Waals surface area contributed by atoms with E-state index < -0.39 is 259 Å². The van der Waals surface area contributed by atoms with Gasteiger partial charge in [0.2, 0.25) is 0 Å². The number of nitrogens with zero attached hydrogens (tertiary/aromatic N) is 1. The van der Waals surface area contributed by atoms with Crippen LogP contribution in [0.15, 0.2) is 174 Å². The SMILES string of the molecule is [2H]c1c([2H])c([2H])c(N(c2c([2H])c([2H])c([2H])c([2H])c2[2H])c2c([2H])c([2H])c(-c3c([2H])c([2H])c4c(oc5c(C6(C([2H])([2H])[2H])c7c([2H])c([2H])c([2H])c([2H])c7-c7c([2H])c([2H])c([2H])c([2H])c76)c([2H])c([2H])c([2H])c54)c3[2H])c([2H])c2[2H])c([2H])c1[2H]. The molecule has 2 nitrogen and oxygen atoms in total. The molecule has 218 valence electrons. The van der Waals surface area contributed by atoms with Crippen molar-refractivity contribution in [3.8, 4) is 22.3 Å². The van der Waals surface area contributed by atoms with Crippen molar-refractivity contribution < 1.29 is 46.9 Å². The summed E-state index contributed by atoms with van der Waals surface area (Å²) in [6.07, 6.45) is 0. The largest absolute Gasteiger partial charge is 0.456 e. The zero-order valence-corrected chi connectivity index (χ0v) is 22.9. The lowest BCUT2D eigenvalue weighted by molar-refractivity contribution is 0.638. The summed E-state index contributed by atoms with van der Waals surface area (Å²) in [5, 5.41) is -1.47. The van der Waals surface area contributed by atoms with Crippen LogP contribution in [-0.2, 0) is 5.41 Å². The zero-order chi connectivity index (χ0) is 57.5. The molecule has 0 atom stereocenters. The van der Waals surface area contributed by atoms with Crippen LogP contribution in [0.4, 0.5) is 17.1 Å². The highest BCUT2D eigenvalue weighted by Crippen LogP contribution is 2.54. The summed E-state index contributed by atoms with van der Waals surface area (Å²) in [6, 6.07) is -30.0. The molecule has 1 aliphatic rings. The van der Waals surface area contributed by atoms with Crippen molar-refractivity contribution in [3.63, 3.8) is 0 Å². The molecule has 1 aliphatic carbocycles. The van der Waals surface area contributed by atoms with Crippen molar-refractivity contribution >= 4 is 39.0 Å². The number of hydrogen-bond donors (Lipinski definition) is 0. The van der Waals surface area contributed by atoms with E-state index in [0.717, 1.165) is 0 Å². The monoisotopic (exact) mass is 620 g/mol. The number of fused-ring (bicyclic) bond motifs is 6. The first kappa shape index (κ1) is 9.82. The van der Waals surface area contributed by atoms with Gasteiger partial charge in [0.1, 0.15) is 11.2 Å². The van der Waals surface area contributed by atoms with Crippen molar-refractivity contribution in [1.82, 2.24) is 0 Å². The lowest BCUT2D eigenvalue weighted by Gasteiger charge is -2.28. The molecule has 0 saturated heterocycles. The summed E-state index contributed by atoms with van der Waals surface area (Å²) in [6.45, 7) is -3.80. The highest BCUT2D eigenvalue weighted by atomic mass is 16.3. The van der Waals surface area contributed by atoms with Crippen molar-refractivity contribution in [3.05, 3.63) is 186 Å². The lowest BCUT2D eigenvalue weighted by Crippen LogP contribution is -2.22. The standard InChI is InChI=1S/C44H31NO/c1-44(39-20-10-8-17-35(39)36-18-9-11-21-40(36)44)41-22-12-19-38-37-28-25-31(29-42(37)46-43(38)41)30-23-26-34(27-24-30)45(32-13-4-2-5-14-32)33-15-6-3-7-16-33/h2-29H,1H3/i1D3,2D,3D,4D,5D,6D,7D,8D,9D,10D,11D,12D,13D,14D,15D,16D,17D,18D,19D,20D,21D,22D,23D,24D,25D,26D,27D,28D,29D. The molecule has 1 aromatic heterocycles. The molecule has 0 spiro atoms. The maximum absolute atomic E-state index is 9.55. The van der Waals surface area contributed by atoms with E-state index in [2.05, 4.69) is 0 Å². The number of anilines is 3. The third kappa shape index (κ3) is 3.97. The zero-order valence-electron chi connectivity index (χ0n) is 53.9. The van der Waals surface area contributed by atoms with E-state index in [-0.39, 0.29) is 0 Å². The highest BCUT2D eigenvalue weighted by Gasteiger charge is 2.42. The summed E-state index contributed by atoms with van der Waals surface area (Å²) >= 11 is 0. The quantitative estimate of drug-likeness (QED) is 0.190. The number of benzene rings is 7. The maximum atomic E-state index is 9.55. The molecule has 0 aliphatic heterocycles. The highest BCUT2D eigenvalue weighted by molar-refractivity contribution is 6.08. The van der Waals surface area contributed by atoms with Crippen molar-refractivity contribution in [1.29, 1.82) is 0 Å². The normalized spacial score (nSPS) is 22.8. The van der Waals surface area contributed by atoms with Gasteiger partial charge in [0, 0.05) is 42.9 Å². The van der Waals surface area contributed by atoms with Crippen LogP contribution in [0.2, 0.25) is 0 Å². The number of para-hydroxylation sites is 3. The summed E-state index contributed by atoms with van der Waals surface area (Å²) < 4.78 is 282. The van der Waals surface area contributed by atoms with Gasteiger partial charge in [-0.2, -0.15) is 0 Å². The Labute approximate surface area is 312 Å². The van der Waals surface area contributed by atoms with Gasteiger partial charge in [-0.15, -0.1) is 0 Å². The van der Waals surface area contributed by atoms with Gasteiger partial charge in [0.05, 0.1) is 38.4 Å². The van der Waals surface area contributed by atoms with Crippen LogP contribution in [0.25, 0.3) is 44.2 Å². The Morgan fingerprint density at radius 1 is 0.500 bits per heavy atom. The average molecular weight is 621 g/mol. The Hall–Kier alpha value is -5.86. The molecule has 2 heteroatoms. The number of hydrogen-bond acceptors (Lipinski definition) is 2. The minimum atomic E-state index is -3.80. The molecule has 46 heavy (non-hydrogen) atoms. The molecule has 8 aromatic rings. The van der Waals surface area contributed by atoms with Crippen molar-refractivity contribution in [2.24, 2.45) is 0 Å². The van der Waals surface area contributed by atoms with Crippen LogP contribution in [0.3, 0.4) is 0 Å². The van der Waals surface area contributed by atoms with E-state index in [9.17, 15) is 15.1 Å². The van der Waals surface area contributed by atoms with E-state index in [0.29, 0.717) is 4.90 Å². The van der Waals surface area contributed by atoms with Gasteiger partial charge in [-0.1, -0.05) is 121 Å². The summed E-state index contributed by atoms with van der Waals surface area (Å²) in [4.78, 5) is 0.363. The molecular weight excluding hydrogens is 558 g/mol. The second-order valence-electron chi connectivity index (χ2n) is 9.77. The van der Waals surface area contributed by atoms with Crippen LogP contribution in [0.5, 0.6) is 0 Å². The molecule has 1 heterocycles. The molecule has 7 aromatic carbocycles. The van der Waals surface area contributed by atoms with Crippen molar-refractivity contribution in [2.45, 2.75) is 12.3 Å². The van der Waals surface area contributed by atoms with Gasteiger partial charge in [-0.3, -0.25) is 0 Å². The first-order valence-electron chi connectivity index (χ1n) is 28.8. The molecule has 0 unspecified atom stereocenters. The Morgan fingerprint density at radius 3 is 1.67 bits per heavy atom. The number of rotatable bonds is 5. The molecule has 0 saturated carbocycles. The second kappa shape index (κ2) is 10.4. The molecule has 9 rings (SSSR count). The summed E-state index contributed by atoms with van der Waals surface area (Å²) in [5.74, 6) is 0. The Balaban J connectivity index is 1.44. The van der Waals surface area contributed by atoms with Gasteiger partial charge in [-0.25, -0.2) is 0 Å². The fraction of sp³-hybridized carbons (Fsp3) is 0.0455. The predicted molar refractivity (Wildman–Crippen MR) is 191 cm³/mol. The van der Waals surface area contributed by atoms with E-state index in [4.69, 9.17) is 31.8 Å². The van der Waals surface area contributed by atoms with Crippen LogP contribution >= 0.6 is 0 Å². The first-order chi connectivity index (χ1) is 35.6. The van der Waals surface area contributed by atoms with Gasteiger partial charge < -0.3 is 9.32 Å². The predicted octanol–water partition coefficient (Wildman–Crippen LogP) is 12.1. The minimum absolute atomic E-state index is 0.363. The topological polar surface area (TPSA) is 16.4 Å². The fourth-order valence-corrected chi connectivity index (χ4v) is 5.33. The molecule has 0 radical (unpaired) electrons. The maximum Gasteiger partial charge on any atom is 0.139 e. The van der Waals surface area contributed by atoms with E-state index in [1.807, 2.05) is 0 Å². The second-order valence-corrected chi connectivity index (χ2v) is 9.77. The lowest BCUT2D eigenvalue weighted by atomic mass is 9.74. The third-order valence-electron chi connectivity index (χ3n) is 7.32. The van der Waals surface area contributed by atoms with Gasteiger partial charge in [0.25, 0.3) is 0 Å². The van der Waals surface area contributed by atoms with E-state index in [1.54, 1.807) is 0 Å². The smallest absolute Gasteiger partial charge is 0.139 e. The van der Waals surface area contributed by atoms with Gasteiger partial charge in [0.15, 0.2) is 0 Å². The third-order valence-corrected chi connectivity index (χ3v) is 7.32. The van der Waals surface area contributed by atoms with Crippen molar-refractivity contribution in [2.75, 3.05) is 4.90 Å². The molecule has 0 amide bonds. The molecule has 0 bridgehead atoms. The summed E-state index contributed by atoms with van der Waals surface area (Å²) in [5.41, 5.74) is -14.5.